The summed E-state index contributed by atoms with van der Waals surface area (Å²) < 4.78 is 13.3. The molecule has 0 aliphatic rings. The van der Waals surface area contributed by atoms with E-state index in [1.54, 1.807) is 31.2 Å². The average molecular weight is 304 g/mol. The Morgan fingerprint density at radius 1 is 1.10 bits per heavy atom. The lowest BCUT2D eigenvalue weighted by Crippen LogP contribution is -2.00. The fourth-order valence-electron chi connectivity index (χ4n) is 1.78. The third-order valence-corrected chi connectivity index (χ3v) is 3.90. The molecule has 0 aliphatic heterocycles. The zero-order valence-corrected chi connectivity index (χ0v) is 12.1. The second-order valence-electron chi connectivity index (χ2n) is 4.35. The molecular weight excluding hydrogens is 291 g/mol. The Bertz CT molecular complexity index is 680. The van der Waals surface area contributed by atoms with Gasteiger partial charge in [0.15, 0.2) is 5.78 Å². The second kappa shape index (κ2) is 6.54. The Labute approximate surface area is 125 Å². The van der Waals surface area contributed by atoms with E-state index < -0.39 is 11.8 Å². The lowest BCUT2D eigenvalue weighted by atomic mass is 10.1. The van der Waals surface area contributed by atoms with Crippen LogP contribution in [0.5, 0.6) is 0 Å². The van der Waals surface area contributed by atoms with Gasteiger partial charge in [0, 0.05) is 21.8 Å². The molecule has 0 amide bonds. The Morgan fingerprint density at radius 3 is 2.29 bits per heavy atom. The van der Waals surface area contributed by atoms with Gasteiger partial charge in [-0.3, -0.25) is 4.79 Å². The molecule has 0 unspecified atom stereocenters. The maximum absolute atomic E-state index is 13.3. The number of ketones is 1. The minimum Gasteiger partial charge on any atom is -0.478 e. The Kier molecular flexibility index (Phi) is 4.75. The molecule has 0 aromatic heterocycles. The molecule has 0 saturated heterocycles. The topological polar surface area (TPSA) is 54.4 Å². The van der Waals surface area contributed by atoms with Gasteiger partial charge in [0.25, 0.3) is 0 Å². The summed E-state index contributed by atoms with van der Waals surface area (Å²) in [7, 11) is 0. The molecule has 0 saturated carbocycles. The van der Waals surface area contributed by atoms with Crippen LogP contribution < -0.4 is 0 Å². The van der Waals surface area contributed by atoms with E-state index in [9.17, 15) is 14.0 Å². The van der Waals surface area contributed by atoms with Crippen LogP contribution in [0.3, 0.4) is 0 Å². The van der Waals surface area contributed by atoms with Crippen molar-refractivity contribution in [2.45, 2.75) is 23.1 Å². The van der Waals surface area contributed by atoms with E-state index in [-0.39, 0.29) is 11.3 Å². The van der Waals surface area contributed by atoms with Crippen molar-refractivity contribution in [2.24, 2.45) is 0 Å². The van der Waals surface area contributed by atoms with E-state index >= 15 is 0 Å². The minimum atomic E-state index is -1.29. The molecule has 1 N–H and O–H groups in total. The summed E-state index contributed by atoms with van der Waals surface area (Å²) in [4.78, 5) is 23.9. The molecule has 0 fully saturated rings. The Balaban J connectivity index is 2.20. The van der Waals surface area contributed by atoms with Gasteiger partial charge in [-0.1, -0.05) is 30.8 Å². The van der Waals surface area contributed by atoms with Crippen LogP contribution in [0.4, 0.5) is 4.39 Å². The smallest absolute Gasteiger partial charge is 0.338 e. The molecule has 0 bridgehead atoms. The normalized spacial score (nSPS) is 10.4. The van der Waals surface area contributed by atoms with Gasteiger partial charge in [-0.25, -0.2) is 9.18 Å². The summed E-state index contributed by atoms with van der Waals surface area (Å²) in [6, 6.07) is 11.0. The van der Waals surface area contributed by atoms with Crippen LogP contribution in [0.2, 0.25) is 0 Å². The molecule has 108 valence electrons. The molecule has 0 heterocycles. The van der Waals surface area contributed by atoms with Crippen LogP contribution in [-0.2, 0) is 0 Å². The van der Waals surface area contributed by atoms with Crippen molar-refractivity contribution in [3.8, 4) is 0 Å². The molecular formula is C16H13FO3S. The molecule has 0 spiro atoms. The van der Waals surface area contributed by atoms with Gasteiger partial charge in [0.05, 0.1) is 5.56 Å². The van der Waals surface area contributed by atoms with Gasteiger partial charge in [-0.05, 0) is 30.3 Å². The first-order valence-electron chi connectivity index (χ1n) is 6.35. The highest BCUT2D eigenvalue weighted by atomic mass is 32.2. The number of carbonyl (C=O) groups excluding carboxylic acids is 1. The lowest BCUT2D eigenvalue weighted by Gasteiger charge is -2.05. The van der Waals surface area contributed by atoms with E-state index in [0.29, 0.717) is 16.9 Å². The Hall–Kier alpha value is -2.14. The highest BCUT2D eigenvalue weighted by Gasteiger charge is 2.11. The van der Waals surface area contributed by atoms with Gasteiger partial charge in [-0.15, -0.1) is 0 Å². The molecule has 3 nitrogen and oxygen atoms in total. The van der Waals surface area contributed by atoms with Crippen molar-refractivity contribution in [3.05, 3.63) is 59.4 Å². The van der Waals surface area contributed by atoms with E-state index in [1.165, 1.54) is 23.9 Å². The number of hydrogen-bond donors (Lipinski definition) is 1. The van der Waals surface area contributed by atoms with E-state index in [1.807, 2.05) is 0 Å². The molecule has 0 atom stereocenters. The number of Topliss-reactive ketones (excluding diaryl/α,β-unsaturated/α-hetero) is 1. The number of hydrogen-bond acceptors (Lipinski definition) is 3. The van der Waals surface area contributed by atoms with Crippen LogP contribution in [0, 0.1) is 5.82 Å². The van der Waals surface area contributed by atoms with Gasteiger partial charge in [-0.2, -0.15) is 0 Å². The van der Waals surface area contributed by atoms with Crippen molar-refractivity contribution < 1.29 is 19.1 Å². The number of aromatic carboxylic acids is 1. The number of carboxylic acid groups (broad SMARTS) is 1. The van der Waals surface area contributed by atoms with Gasteiger partial charge < -0.3 is 5.11 Å². The monoisotopic (exact) mass is 304 g/mol. The maximum Gasteiger partial charge on any atom is 0.338 e. The number of carboxylic acids is 1. The Morgan fingerprint density at radius 2 is 1.71 bits per heavy atom. The zero-order valence-electron chi connectivity index (χ0n) is 11.3. The molecule has 5 heteroatoms. The summed E-state index contributed by atoms with van der Waals surface area (Å²) in [6.45, 7) is 1.80. The zero-order chi connectivity index (χ0) is 15.4. The van der Waals surface area contributed by atoms with Crippen LogP contribution in [-0.4, -0.2) is 16.9 Å². The number of rotatable bonds is 5. The van der Waals surface area contributed by atoms with Crippen LogP contribution in [0.15, 0.2) is 52.3 Å². The second-order valence-corrected chi connectivity index (χ2v) is 5.50. The molecule has 2 aromatic rings. The van der Waals surface area contributed by atoms with E-state index in [2.05, 4.69) is 0 Å². The van der Waals surface area contributed by atoms with E-state index in [4.69, 9.17) is 5.11 Å². The average Bonchev–Trinajstić information content (AvgIpc) is 2.49. The van der Waals surface area contributed by atoms with Crippen molar-refractivity contribution in [1.82, 2.24) is 0 Å². The van der Waals surface area contributed by atoms with Crippen molar-refractivity contribution in [3.63, 3.8) is 0 Å². The van der Waals surface area contributed by atoms with Crippen molar-refractivity contribution in [1.29, 1.82) is 0 Å². The molecule has 2 rings (SSSR count). The predicted molar refractivity (Wildman–Crippen MR) is 78.5 cm³/mol. The summed E-state index contributed by atoms with van der Waals surface area (Å²) >= 11 is 1.31. The summed E-state index contributed by atoms with van der Waals surface area (Å²) in [5.74, 6) is -1.98. The fourth-order valence-corrected chi connectivity index (χ4v) is 2.64. The highest BCUT2D eigenvalue weighted by molar-refractivity contribution is 7.99. The van der Waals surface area contributed by atoms with Gasteiger partial charge in [0.2, 0.25) is 0 Å². The molecule has 0 aliphatic carbocycles. The largest absolute Gasteiger partial charge is 0.478 e. The first-order valence-corrected chi connectivity index (χ1v) is 7.17. The number of benzene rings is 2. The quantitative estimate of drug-likeness (QED) is 0.838. The highest BCUT2D eigenvalue weighted by Crippen LogP contribution is 2.29. The first kappa shape index (κ1) is 15.3. The third kappa shape index (κ3) is 3.70. The van der Waals surface area contributed by atoms with Gasteiger partial charge in [0.1, 0.15) is 5.82 Å². The molecule has 21 heavy (non-hydrogen) atoms. The summed E-state index contributed by atoms with van der Waals surface area (Å²) in [5.41, 5.74) is 0.296. The molecule has 0 radical (unpaired) electrons. The van der Waals surface area contributed by atoms with Crippen molar-refractivity contribution in [2.75, 3.05) is 0 Å². The van der Waals surface area contributed by atoms with Crippen molar-refractivity contribution >= 4 is 23.5 Å². The van der Waals surface area contributed by atoms with Gasteiger partial charge >= 0.3 is 5.97 Å². The van der Waals surface area contributed by atoms with Crippen LogP contribution in [0.25, 0.3) is 0 Å². The first-order chi connectivity index (χ1) is 10.0. The standard InChI is InChI=1S/C16H13FO3S/c1-2-15(18)10-3-5-11(6-4-10)21-12-7-8-14(17)13(9-12)16(19)20/h3-9H,2H2,1H3,(H,19,20). The predicted octanol–water partition coefficient (Wildman–Crippen LogP) is 4.27. The van der Waals surface area contributed by atoms with E-state index in [0.717, 1.165) is 11.0 Å². The number of carbonyl (C=O) groups is 2. The SMILES string of the molecule is CCC(=O)c1ccc(Sc2ccc(F)c(C(=O)O)c2)cc1. The van der Waals surface area contributed by atoms with Crippen LogP contribution >= 0.6 is 11.8 Å². The summed E-state index contributed by atoms with van der Waals surface area (Å²) in [5, 5.41) is 8.89. The maximum atomic E-state index is 13.3. The number of halogens is 1. The molecule has 2 aromatic carbocycles. The fraction of sp³-hybridized carbons (Fsp3) is 0.125. The summed E-state index contributed by atoms with van der Waals surface area (Å²) in [6.07, 6.45) is 0.451. The van der Waals surface area contributed by atoms with Crippen LogP contribution in [0.1, 0.15) is 34.1 Å². The lowest BCUT2D eigenvalue weighted by molar-refractivity contribution is 0.0691. The minimum absolute atomic E-state index is 0.0708. The third-order valence-electron chi connectivity index (χ3n) is 2.90.